The minimum atomic E-state index is -1.03. The predicted molar refractivity (Wildman–Crippen MR) is 72.7 cm³/mol. The van der Waals surface area contributed by atoms with E-state index in [9.17, 15) is 9.90 Å². The van der Waals surface area contributed by atoms with E-state index < -0.39 is 6.10 Å². The summed E-state index contributed by atoms with van der Waals surface area (Å²) in [5, 5.41) is 12.3. The second-order valence-corrected chi connectivity index (χ2v) is 4.52. The van der Waals surface area contributed by atoms with Crippen molar-refractivity contribution in [3.05, 3.63) is 36.4 Å². The van der Waals surface area contributed by atoms with Crippen LogP contribution < -0.4 is 10.2 Å². The van der Waals surface area contributed by atoms with Crippen LogP contribution in [0.5, 0.6) is 0 Å². The third kappa shape index (κ3) is 2.38. The average molecular weight is 246 g/mol. The summed E-state index contributed by atoms with van der Waals surface area (Å²) in [7, 11) is 2.01. The number of carbonyl (C=O) groups is 1. The Bertz CT molecular complexity index is 471. The van der Waals surface area contributed by atoms with E-state index in [2.05, 4.69) is 16.8 Å². The van der Waals surface area contributed by atoms with Gasteiger partial charge in [-0.25, -0.2) is 0 Å². The molecule has 1 aromatic rings. The first-order valence-electron chi connectivity index (χ1n) is 6.08. The molecule has 1 aliphatic heterocycles. The van der Waals surface area contributed by atoms with Crippen LogP contribution in [-0.2, 0) is 4.79 Å². The van der Waals surface area contributed by atoms with E-state index in [1.807, 2.05) is 25.3 Å². The van der Waals surface area contributed by atoms with Gasteiger partial charge in [0.1, 0.15) is 0 Å². The van der Waals surface area contributed by atoms with Crippen molar-refractivity contribution in [3.63, 3.8) is 0 Å². The summed E-state index contributed by atoms with van der Waals surface area (Å²) in [4.78, 5) is 13.5. The number of amides is 1. The van der Waals surface area contributed by atoms with Crippen LogP contribution in [0.3, 0.4) is 0 Å². The molecule has 4 heteroatoms. The summed E-state index contributed by atoms with van der Waals surface area (Å²) in [5.41, 5.74) is 2.40. The molecule has 4 nitrogen and oxygen atoms in total. The molecule has 96 valence electrons. The SMILES string of the molecule is C=CCCCN(C)c1ccc2c(c1)NC(=O)C2O. The normalized spacial score (nSPS) is 17.2. The third-order valence-corrected chi connectivity index (χ3v) is 3.18. The maximum atomic E-state index is 11.3. The summed E-state index contributed by atoms with van der Waals surface area (Å²) >= 11 is 0. The van der Waals surface area contributed by atoms with E-state index in [-0.39, 0.29) is 5.91 Å². The van der Waals surface area contributed by atoms with E-state index in [0.717, 1.165) is 25.1 Å². The van der Waals surface area contributed by atoms with E-state index in [0.29, 0.717) is 11.3 Å². The second-order valence-electron chi connectivity index (χ2n) is 4.52. The fraction of sp³-hybridized carbons (Fsp3) is 0.357. The summed E-state index contributed by atoms with van der Waals surface area (Å²) < 4.78 is 0. The highest BCUT2D eigenvalue weighted by Gasteiger charge is 2.28. The summed E-state index contributed by atoms with van der Waals surface area (Å²) in [6, 6.07) is 5.63. The Hall–Kier alpha value is -1.81. The number of benzene rings is 1. The fourth-order valence-electron chi connectivity index (χ4n) is 2.07. The molecule has 0 fully saturated rings. The standard InChI is InChI=1S/C14H18N2O2/c1-3-4-5-8-16(2)10-6-7-11-12(9-10)15-14(18)13(11)17/h3,6-7,9,13,17H,1,4-5,8H2,2H3,(H,15,18). The van der Waals surface area contributed by atoms with Crippen molar-refractivity contribution in [2.75, 3.05) is 23.8 Å². The van der Waals surface area contributed by atoms with Gasteiger partial charge in [-0.15, -0.1) is 6.58 Å². The van der Waals surface area contributed by atoms with Gasteiger partial charge in [-0.1, -0.05) is 12.1 Å². The van der Waals surface area contributed by atoms with Crippen LogP contribution in [0, 0.1) is 0 Å². The number of nitrogens with one attached hydrogen (secondary N) is 1. The van der Waals surface area contributed by atoms with E-state index in [1.54, 1.807) is 6.07 Å². The number of aliphatic hydroxyl groups is 1. The number of hydrogen-bond donors (Lipinski definition) is 2. The lowest BCUT2D eigenvalue weighted by Gasteiger charge is -2.19. The van der Waals surface area contributed by atoms with Crippen LogP contribution in [0.2, 0.25) is 0 Å². The molecule has 0 radical (unpaired) electrons. The number of aliphatic hydroxyl groups excluding tert-OH is 1. The van der Waals surface area contributed by atoms with Crippen LogP contribution in [0.4, 0.5) is 11.4 Å². The Balaban J connectivity index is 2.10. The third-order valence-electron chi connectivity index (χ3n) is 3.18. The number of anilines is 2. The number of unbranched alkanes of at least 4 members (excludes halogenated alkanes) is 1. The first-order valence-corrected chi connectivity index (χ1v) is 6.08. The van der Waals surface area contributed by atoms with Crippen molar-refractivity contribution in [1.29, 1.82) is 0 Å². The summed E-state index contributed by atoms with van der Waals surface area (Å²) in [5.74, 6) is -0.350. The van der Waals surface area contributed by atoms with Gasteiger partial charge in [-0.05, 0) is 25.0 Å². The minimum Gasteiger partial charge on any atom is -0.378 e. The van der Waals surface area contributed by atoms with Crippen molar-refractivity contribution in [2.24, 2.45) is 0 Å². The zero-order valence-electron chi connectivity index (χ0n) is 10.5. The van der Waals surface area contributed by atoms with Gasteiger partial charge in [0.15, 0.2) is 6.10 Å². The average Bonchev–Trinajstić information content (AvgIpc) is 2.65. The first kappa shape index (κ1) is 12.6. The summed E-state index contributed by atoms with van der Waals surface area (Å²) in [6.45, 7) is 4.63. The molecule has 1 aliphatic rings. The number of allylic oxidation sites excluding steroid dienone is 1. The number of fused-ring (bicyclic) bond motifs is 1. The second kappa shape index (κ2) is 5.23. The molecule has 2 rings (SSSR count). The quantitative estimate of drug-likeness (QED) is 0.617. The molecule has 1 heterocycles. The van der Waals surface area contributed by atoms with Crippen LogP contribution >= 0.6 is 0 Å². The molecule has 1 aromatic carbocycles. The van der Waals surface area contributed by atoms with Gasteiger partial charge in [0, 0.05) is 30.5 Å². The van der Waals surface area contributed by atoms with Gasteiger partial charge in [0.2, 0.25) is 0 Å². The Morgan fingerprint density at radius 1 is 1.56 bits per heavy atom. The van der Waals surface area contributed by atoms with E-state index in [1.165, 1.54) is 0 Å². The van der Waals surface area contributed by atoms with Gasteiger partial charge in [-0.2, -0.15) is 0 Å². The van der Waals surface area contributed by atoms with Crippen molar-refractivity contribution >= 4 is 17.3 Å². The summed E-state index contributed by atoms with van der Waals surface area (Å²) in [6.07, 6.45) is 2.92. The molecule has 0 aliphatic carbocycles. The highest BCUT2D eigenvalue weighted by molar-refractivity contribution is 6.02. The maximum Gasteiger partial charge on any atom is 0.257 e. The topological polar surface area (TPSA) is 52.6 Å². The molecule has 0 bridgehead atoms. The van der Waals surface area contributed by atoms with Crippen LogP contribution in [0.15, 0.2) is 30.9 Å². The lowest BCUT2D eigenvalue weighted by Crippen LogP contribution is -2.18. The van der Waals surface area contributed by atoms with Gasteiger partial charge >= 0.3 is 0 Å². The molecule has 0 saturated heterocycles. The zero-order chi connectivity index (χ0) is 13.1. The maximum absolute atomic E-state index is 11.3. The van der Waals surface area contributed by atoms with Crippen LogP contribution in [-0.4, -0.2) is 24.6 Å². The zero-order valence-corrected chi connectivity index (χ0v) is 10.5. The van der Waals surface area contributed by atoms with Gasteiger partial charge in [-0.3, -0.25) is 4.79 Å². The largest absolute Gasteiger partial charge is 0.378 e. The predicted octanol–water partition coefficient (Wildman–Crippen LogP) is 2.07. The lowest BCUT2D eigenvalue weighted by atomic mass is 10.1. The molecule has 18 heavy (non-hydrogen) atoms. The number of nitrogens with zero attached hydrogens (tertiary/aromatic N) is 1. The molecule has 0 spiro atoms. The van der Waals surface area contributed by atoms with Crippen LogP contribution in [0.25, 0.3) is 0 Å². The number of rotatable bonds is 5. The van der Waals surface area contributed by atoms with Crippen LogP contribution in [0.1, 0.15) is 24.5 Å². The Morgan fingerprint density at radius 2 is 2.33 bits per heavy atom. The van der Waals surface area contributed by atoms with Gasteiger partial charge in [0.25, 0.3) is 5.91 Å². The lowest BCUT2D eigenvalue weighted by molar-refractivity contribution is -0.123. The molecule has 1 amide bonds. The van der Waals surface area contributed by atoms with Crippen molar-refractivity contribution in [3.8, 4) is 0 Å². The minimum absolute atomic E-state index is 0.350. The first-order chi connectivity index (χ1) is 8.63. The van der Waals surface area contributed by atoms with Crippen molar-refractivity contribution in [2.45, 2.75) is 18.9 Å². The molecular weight excluding hydrogens is 228 g/mol. The highest BCUT2D eigenvalue weighted by Crippen LogP contribution is 2.33. The molecular formula is C14H18N2O2. The molecule has 1 unspecified atom stereocenters. The van der Waals surface area contributed by atoms with E-state index in [4.69, 9.17) is 0 Å². The van der Waals surface area contributed by atoms with Gasteiger partial charge in [0.05, 0.1) is 0 Å². The molecule has 1 atom stereocenters. The Morgan fingerprint density at radius 3 is 3.06 bits per heavy atom. The smallest absolute Gasteiger partial charge is 0.257 e. The highest BCUT2D eigenvalue weighted by atomic mass is 16.3. The number of hydrogen-bond acceptors (Lipinski definition) is 3. The van der Waals surface area contributed by atoms with Gasteiger partial charge < -0.3 is 15.3 Å². The monoisotopic (exact) mass is 246 g/mol. The Labute approximate surface area is 107 Å². The fourth-order valence-corrected chi connectivity index (χ4v) is 2.07. The molecule has 0 aromatic heterocycles. The van der Waals surface area contributed by atoms with Crippen molar-refractivity contribution < 1.29 is 9.90 Å². The molecule has 0 saturated carbocycles. The van der Waals surface area contributed by atoms with E-state index >= 15 is 0 Å². The number of carbonyl (C=O) groups excluding carboxylic acids is 1. The Kier molecular flexibility index (Phi) is 3.67. The van der Waals surface area contributed by atoms with Crippen molar-refractivity contribution in [1.82, 2.24) is 0 Å². The molecule has 2 N–H and O–H groups in total.